The SMILES string of the molecule is CCCCC(CNC(=O)c1cccnn1)NC(=O)c1c(Cl)n[nH]c1C. The number of hydrogen-bond donors (Lipinski definition) is 3. The predicted octanol–water partition coefficient (Wildman–Crippen LogP) is 1.88. The van der Waals surface area contributed by atoms with Crippen LogP contribution in [-0.4, -0.2) is 44.8 Å². The second-order valence-corrected chi connectivity index (χ2v) is 6.00. The van der Waals surface area contributed by atoms with E-state index in [0.717, 1.165) is 19.3 Å². The highest BCUT2D eigenvalue weighted by Crippen LogP contribution is 2.16. The van der Waals surface area contributed by atoms with Crippen molar-refractivity contribution < 1.29 is 9.59 Å². The van der Waals surface area contributed by atoms with Crippen molar-refractivity contribution in [2.75, 3.05) is 6.54 Å². The number of H-pyrrole nitrogens is 1. The molecule has 0 spiro atoms. The van der Waals surface area contributed by atoms with Gasteiger partial charge >= 0.3 is 0 Å². The first kappa shape index (κ1) is 18.9. The lowest BCUT2D eigenvalue weighted by atomic mass is 10.1. The molecule has 3 N–H and O–H groups in total. The maximum absolute atomic E-state index is 12.4. The van der Waals surface area contributed by atoms with Crippen molar-refractivity contribution >= 4 is 23.4 Å². The number of aromatic amines is 1. The van der Waals surface area contributed by atoms with E-state index in [1.165, 1.54) is 6.20 Å². The molecule has 0 saturated carbocycles. The first-order chi connectivity index (χ1) is 12.0. The third-order valence-electron chi connectivity index (χ3n) is 3.69. The predicted molar refractivity (Wildman–Crippen MR) is 93.5 cm³/mol. The molecule has 0 aliphatic heterocycles. The minimum atomic E-state index is -0.332. The zero-order valence-electron chi connectivity index (χ0n) is 14.2. The summed E-state index contributed by atoms with van der Waals surface area (Å²) >= 11 is 5.95. The van der Waals surface area contributed by atoms with E-state index in [1.54, 1.807) is 19.1 Å². The van der Waals surface area contributed by atoms with Crippen LogP contribution in [0.15, 0.2) is 18.3 Å². The second-order valence-electron chi connectivity index (χ2n) is 5.65. The number of rotatable bonds is 8. The van der Waals surface area contributed by atoms with E-state index >= 15 is 0 Å². The molecule has 2 rings (SSSR count). The number of carbonyl (C=O) groups is 2. The van der Waals surface area contributed by atoms with Crippen LogP contribution in [0, 0.1) is 6.92 Å². The van der Waals surface area contributed by atoms with Gasteiger partial charge in [-0.05, 0) is 25.5 Å². The maximum Gasteiger partial charge on any atom is 0.271 e. The van der Waals surface area contributed by atoms with Crippen molar-refractivity contribution in [3.63, 3.8) is 0 Å². The molecule has 25 heavy (non-hydrogen) atoms. The summed E-state index contributed by atoms with van der Waals surface area (Å²) in [6, 6.07) is 3.00. The molecular weight excluding hydrogens is 344 g/mol. The number of nitrogens with zero attached hydrogens (tertiary/aromatic N) is 3. The molecule has 0 radical (unpaired) electrons. The van der Waals surface area contributed by atoms with Crippen LogP contribution < -0.4 is 10.6 Å². The first-order valence-electron chi connectivity index (χ1n) is 8.10. The van der Waals surface area contributed by atoms with Crippen molar-refractivity contribution in [2.45, 2.75) is 39.2 Å². The Labute approximate surface area is 150 Å². The van der Waals surface area contributed by atoms with Gasteiger partial charge in [0.2, 0.25) is 0 Å². The molecule has 2 aromatic rings. The molecule has 0 saturated heterocycles. The summed E-state index contributed by atoms with van der Waals surface area (Å²) in [5.74, 6) is -0.646. The summed E-state index contributed by atoms with van der Waals surface area (Å²) in [6.45, 7) is 4.08. The maximum atomic E-state index is 12.4. The lowest BCUT2D eigenvalue weighted by molar-refractivity contribution is 0.0903. The Hall–Kier alpha value is -2.48. The molecule has 2 heterocycles. The van der Waals surface area contributed by atoms with Gasteiger partial charge < -0.3 is 10.6 Å². The van der Waals surface area contributed by atoms with Crippen molar-refractivity contribution in [3.05, 3.63) is 40.4 Å². The third-order valence-corrected chi connectivity index (χ3v) is 3.96. The van der Waals surface area contributed by atoms with Crippen LogP contribution in [0.2, 0.25) is 5.15 Å². The minimum absolute atomic E-state index is 0.132. The largest absolute Gasteiger partial charge is 0.349 e. The molecule has 9 heteroatoms. The van der Waals surface area contributed by atoms with Gasteiger partial charge in [-0.1, -0.05) is 31.4 Å². The van der Waals surface area contributed by atoms with Gasteiger partial charge in [0.15, 0.2) is 10.8 Å². The van der Waals surface area contributed by atoms with E-state index < -0.39 is 0 Å². The second kappa shape index (κ2) is 9.12. The zero-order chi connectivity index (χ0) is 18.2. The topological polar surface area (TPSA) is 113 Å². The highest BCUT2D eigenvalue weighted by molar-refractivity contribution is 6.32. The fourth-order valence-corrected chi connectivity index (χ4v) is 2.60. The number of nitrogens with one attached hydrogen (secondary N) is 3. The summed E-state index contributed by atoms with van der Waals surface area (Å²) in [7, 11) is 0. The van der Waals surface area contributed by atoms with Gasteiger partial charge in [-0.15, -0.1) is 5.10 Å². The van der Waals surface area contributed by atoms with Gasteiger partial charge in [0.05, 0.1) is 5.56 Å². The Morgan fingerprint density at radius 1 is 1.36 bits per heavy atom. The quantitative estimate of drug-likeness (QED) is 0.662. The Morgan fingerprint density at radius 3 is 2.76 bits per heavy atom. The fourth-order valence-electron chi connectivity index (χ4n) is 2.33. The molecule has 0 fully saturated rings. The molecule has 2 aromatic heterocycles. The van der Waals surface area contributed by atoms with Crippen molar-refractivity contribution in [2.24, 2.45) is 0 Å². The number of halogens is 1. The number of unbranched alkanes of at least 4 members (excludes halogenated alkanes) is 1. The monoisotopic (exact) mass is 364 g/mol. The number of aryl methyl sites for hydroxylation is 1. The van der Waals surface area contributed by atoms with Crippen LogP contribution in [0.3, 0.4) is 0 Å². The highest BCUT2D eigenvalue weighted by Gasteiger charge is 2.20. The van der Waals surface area contributed by atoms with Crippen molar-refractivity contribution in [1.82, 2.24) is 31.0 Å². The average molecular weight is 365 g/mol. The normalized spacial score (nSPS) is 11.8. The molecule has 0 aromatic carbocycles. The van der Waals surface area contributed by atoms with Crippen LogP contribution in [0.5, 0.6) is 0 Å². The molecule has 0 aliphatic rings. The van der Waals surface area contributed by atoms with Gasteiger partial charge in [-0.2, -0.15) is 10.2 Å². The third kappa shape index (κ3) is 5.25. The van der Waals surface area contributed by atoms with Crippen LogP contribution in [0.1, 0.15) is 52.7 Å². The summed E-state index contributed by atoms with van der Waals surface area (Å²) in [6.07, 6.45) is 4.13. The molecule has 2 amide bonds. The first-order valence-corrected chi connectivity index (χ1v) is 8.48. The number of amides is 2. The molecule has 0 bridgehead atoms. The highest BCUT2D eigenvalue weighted by atomic mass is 35.5. The molecule has 1 unspecified atom stereocenters. The summed E-state index contributed by atoms with van der Waals surface area (Å²) < 4.78 is 0. The zero-order valence-corrected chi connectivity index (χ0v) is 14.9. The standard InChI is InChI=1S/C16H21ClN6O2/c1-3-4-6-11(9-18-15(24)12-7-5-8-19-22-12)20-16(25)13-10(2)21-23-14(13)17/h5,7-8,11H,3-4,6,9H2,1-2H3,(H,18,24)(H,20,25)(H,21,23). The van der Waals surface area contributed by atoms with E-state index in [9.17, 15) is 9.59 Å². The number of carbonyl (C=O) groups excluding carboxylic acids is 2. The summed E-state index contributed by atoms with van der Waals surface area (Å²) in [4.78, 5) is 24.5. The molecule has 8 nitrogen and oxygen atoms in total. The van der Waals surface area contributed by atoms with Gasteiger partial charge in [-0.3, -0.25) is 14.7 Å². The number of aromatic nitrogens is 4. The number of hydrogen-bond acceptors (Lipinski definition) is 5. The van der Waals surface area contributed by atoms with E-state index in [2.05, 4.69) is 38.0 Å². The smallest absolute Gasteiger partial charge is 0.271 e. The van der Waals surface area contributed by atoms with Crippen LogP contribution >= 0.6 is 11.6 Å². The molecule has 134 valence electrons. The van der Waals surface area contributed by atoms with Gasteiger partial charge in [0, 0.05) is 24.5 Å². The molecule has 1 atom stereocenters. The van der Waals surface area contributed by atoms with E-state index in [-0.39, 0.29) is 35.2 Å². The van der Waals surface area contributed by atoms with Crippen molar-refractivity contribution in [1.29, 1.82) is 0 Å². The van der Waals surface area contributed by atoms with E-state index in [0.29, 0.717) is 11.3 Å². The Balaban J connectivity index is 1.98. The van der Waals surface area contributed by atoms with Crippen LogP contribution in [0.4, 0.5) is 0 Å². The van der Waals surface area contributed by atoms with Gasteiger partial charge in [-0.25, -0.2) is 0 Å². The average Bonchev–Trinajstić information content (AvgIpc) is 2.96. The van der Waals surface area contributed by atoms with E-state index in [1.807, 2.05) is 0 Å². The summed E-state index contributed by atoms with van der Waals surface area (Å²) in [5, 5.41) is 19.8. The summed E-state index contributed by atoms with van der Waals surface area (Å²) in [5.41, 5.74) is 1.15. The van der Waals surface area contributed by atoms with Crippen molar-refractivity contribution in [3.8, 4) is 0 Å². The Bertz CT molecular complexity index is 699. The molecule has 0 aliphatic carbocycles. The fraction of sp³-hybridized carbons (Fsp3) is 0.438. The van der Waals surface area contributed by atoms with Crippen LogP contribution in [-0.2, 0) is 0 Å². The lowest BCUT2D eigenvalue weighted by Gasteiger charge is -2.19. The van der Waals surface area contributed by atoms with Gasteiger partial charge in [0.25, 0.3) is 11.8 Å². The lowest BCUT2D eigenvalue weighted by Crippen LogP contribution is -2.44. The van der Waals surface area contributed by atoms with Gasteiger partial charge in [0.1, 0.15) is 0 Å². The Morgan fingerprint density at radius 2 is 2.16 bits per heavy atom. The Kier molecular flexibility index (Phi) is 6.88. The van der Waals surface area contributed by atoms with E-state index in [4.69, 9.17) is 11.6 Å². The van der Waals surface area contributed by atoms with Crippen LogP contribution in [0.25, 0.3) is 0 Å². The molecular formula is C16H21ClN6O2. The minimum Gasteiger partial charge on any atom is -0.349 e.